The molecule has 92 valence electrons. The summed E-state index contributed by atoms with van der Waals surface area (Å²) < 4.78 is 0. The quantitative estimate of drug-likeness (QED) is 0.846. The van der Waals surface area contributed by atoms with Crippen LogP contribution in [0.2, 0.25) is 0 Å². The van der Waals surface area contributed by atoms with Crippen LogP contribution in [0, 0.1) is 0 Å². The number of nitrogens with one attached hydrogen (secondary N) is 1. The first-order valence-corrected chi connectivity index (χ1v) is 6.47. The summed E-state index contributed by atoms with van der Waals surface area (Å²) in [4.78, 5) is 28.8. The smallest absolute Gasteiger partial charge is 0.244 e. The van der Waals surface area contributed by atoms with Crippen molar-refractivity contribution in [3.8, 4) is 0 Å². The summed E-state index contributed by atoms with van der Waals surface area (Å²) in [6.45, 7) is 0.638. The minimum atomic E-state index is -0.330. The van der Waals surface area contributed by atoms with Crippen molar-refractivity contribution >= 4 is 23.2 Å². The molecule has 5 nitrogen and oxygen atoms in total. The largest absolute Gasteiger partial charge is 0.344 e. The molecule has 2 rings (SSSR count). The van der Waals surface area contributed by atoms with Crippen molar-refractivity contribution in [3.63, 3.8) is 0 Å². The molecule has 1 aliphatic heterocycles. The highest BCUT2D eigenvalue weighted by Crippen LogP contribution is 2.10. The van der Waals surface area contributed by atoms with E-state index in [0.29, 0.717) is 19.4 Å². The molecule has 0 spiro atoms. The van der Waals surface area contributed by atoms with Crippen molar-refractivity contribution in [2.45, 2.75) is 25.3 Å². The number of hydrogen-bond donors (Lipinski definition) is 1. The second kappa shape index (κ2) is 5.27. The van der Waals surface area contributed by atoms with E-state index in [0.717, 1.165) is 11.4 Å². The van der Waals surface area contributed by atoms with Gasteiger partial charge in [-0.1, -0.05) is 0 Å². The molecule has 1 aromatic rings. The molecule has 1 fully saturated rings. The van der Waals surface area contributed by atoms with Gasteiger partial charge in [0, 0.05) is 38.0 Å². The fourth-order valence-electron chi connectivity index (χ4n) is 1.82. The average Bonchev–Trinajstić information content (AvgIpc) is 2.95. The van der Waals surface area contributed by atoms with E-state index in [1.165, 1.54) is 0 Å². The Morgan fingerprint density at radius 3 is 3.12 bits per heavy atom. The van der Waals surface area contributed by atoms with Gasteiger partial charge in [0.25, 0.3) is 0 Å². The summed E-state index contributed by atoms with van der Waals surface area (Å²) >= 11 is 1.59. The van der Waals surface area contributed by atoms with Gasteiger partial charge in [-0.15, -0.1) is 11.3 Å². The molecule has 2 heterocycles. The van der Waals surface area contributed by atoms with Gasteiger partial charge in [-0.3, -0.25) is 9.59 Å². The molecule has 0 aromatic carbocycles. The third-order valence-electron chi connectivity index (χ3n) is 2.81. The molecule has 17 heavy (non-hydrogen) atoms. The number of thiazole rings is 1. The highest BCUT2D eigenvalue weighted by Gasteiger charge is 2.29. The number of likely N-dealkylation sites (N-methyl/N-ethyl adjacent to an activating group) is 1. The second-order valence-electron chi connectivity index (χ2n) is 4.09. The van der Waals surface area contributed by atoms with Crippen molar-refractivity contribution in [2.75, 3.05) is 13.6 Å². The standard InChI is InChI=1S/C11H15N3O2S/c1-14(6-4-10-12-5-7-17-10)11(16)8-2-3-9(15)13-8/h5,7-8H,2-4,6H2,1H3,(H,13,15). The Morgan fingerprint density at radius 1 is 1.71 bits per heavy atom. The SMILES string of the molecule is CN(CCc1nccs1)C(=O)C1CCC(=O)N1. The Bertz CT molecular complexity index is 405. The van der Waals surface area contributed by atoms with Crippen molar-refractivity contribution in [1.29, 1.82) is 0 Å². The lowest BCUT2D eigenvalue weighted by Gasteiger charge is -2.20. The van der Waals surface area contributed by atoms with Crippen molar-refractivity contribution in [1.82, 2.24) is 15.2 Å². The number of carbonyl (C=O) groups is 2. The first kappa shape index (κ1) is 12.0. The maximum absolute atomic E-state index is 11.9. The molecular formula is C11H15N3O2S. The number of amides is 2. The maximum atomic E-state index is 11.9. The zero-order valence-corrected chi connectivity index (χ0v) is 10.5. The van der Waals surface area contributed by atoms with Crippen LogP contribution < -0.4 is 5.32 Å². The molecule has 1 saturated heterocycles. The third kappa shape index (κ3) is 3.03. The minimum absolute atomic E-state index is 0.00703. The van der Waals surface area contributed by atoms with Gasteiger partial charge in [-0.2, -0.15) is 0 Å². The third-order valence-corrected chi connectivity index (χ3v) is 3.65. The van der Waals surface area contributed by atoms with E-state index in [4.69, 9.17) is 0 Å². The molecular weight excluding hydrogens is 238 g/mol. The summed E-state index contributed by atoms with van der Waals surface area (Å²) in [6, 6.07) is -0.330. The van der Waals surface area contributed by atoms with Gasteiger partial charge in [-0.05, 0) is 6.42 Å². The van der Waals surface area contributed by atoms with Crippen LogP contribution in [0.3, 0.4) is 0 Å². The van der Waals surface area contributed by atoms with E-state index < -0.39 is 0 Å². The fourth-order valence-corrected chi connectivity index (χ4v) is 2.42. The lowest BCUT2D eigenvalue weighted by Crippen LogP contribution is -2.43. The van der Waals surface area contributed by atoms with E-state index in [1.807, 2.05) is 5.38 Å². The number of aromatic nitrogens is 1. The average molecular weight is 253 g/mol. The van der Waals surface area contributed by atoms with Crippen LogP contribution >= 0.6 is 11.3 Å². The Morgan fingerprint density at radius 2 is 2.53 bits per heavy atom. The summed E-state index contributed by atoms with van der Waals surface area (Å²) in [7, 11) is 1.76. The van der Waals surface area contributed by atoms with Crippen LogP contribution in [0.4, 0.5) is 0 Å². The molecule has 0 radical (unpaired) electrons. The molecule has 6 heteroatoms. The zero-order valence-electron chi connectivity index (χ0n) is 9.68. The van der Waals surface area contributed by atoms with Crippen LogP contribution in [0.5, 0.6) is 0 Å². The first-order chi connectivity index (χ1) is 8.16. The lowest BCUT2D eigenvalue weighted by atomic mass is 10.2. The van der Waals surface area contributed by atoms with E-state index in [-0.39, 0.29) is 17.9 Å². The van der Waals surface area contributed by atoms with Crippen LogP contribution in [-0.2, 0) is 16.0 Å². The molecule has 2 amide bonds. The molecule has 1 aliphatic rings. The van der Waals surface area contributed by atoms with Crippen LogP contribution in [-0.4, -0.2) is 41.3 Å². The topological polar surface area (TPSA) is 62.3 Å². The van der Waals surface area contributed by atoms with E-state index in [9.17, 15) is 9.59 Å². The first-order valence-electron chi connectivity index (χ1n) is 5.59. The Balaban J connectivity index is 1.81. The zero-order chi connectivity index (χ0) is 12.3. The van der Waals surface area contributed by atoms with Gasteiger partial charge in [0.15, 0.2) is 0 Å². The summed E-state index contributed by atoms with van der Waals surface area (Å²) in [5.74, 6) is -0.0379. The normalized spacial score (nSPS) is 19.1. The number of nitrogens with zero attached hydrogens (tertiary/aromatic N) is 2. The van der Waals surface area contributed by atoms with Gasteiger partial charge < -0.3 is 10.2 Å². The summed E-state index contributed by atoms with van der Waals surface area (Å²) in [6.07, 6.45) is 3.59. The highest BCUT2D eigenvalue weighted by molar-refractivity contribution is 7.09. The predicted octanol–water partition coefficient (Wildman–Crippen LogP) is 0.423. The fraction of sp³-hybridized carbons (Fsp3) is 0.545. The lowest BCUT2D eigenvalue weighted by molar-refractivity contribution is -0.133. The van der Waals surface area contributed by atoms with Gasteiger partial charge in [0.05, 0.1) is 5.01 Å². The van der Waals surface area contributed by atoms with Gasteiger partial charge >= 0.3 is 0 Å². The Hall–Kier alpha value is -1.43. The molecule has 1 aromatic heterocycles. The van der Waals surface area contributed by atoms with Gasteiger partial charge in [-0.25, -0.2) is 4.98 Å². The van der Waals surface area contributed by atoms with Gasteiger partial charge in [0.2, 0.25) is 11.8 Å². The van der Waals surface area contributed by atoms with E-state index in [2.05, 4.69) is 10.3 Å². The molecule has 1 unspecified atom stereocenters. The van der Waals surface area contributed by atoms with Gasteiger partial charge in [0.1, 0.15) is 6.04 Å². The predicted molar refractivity (Wildman–Crippen MR) is 64.6 cm³/mol. The number of carbonyl (C=O) groups excluding carboxylic acids is 2. The number of hydrogen-bond acceptors (Lipinski definition) is 4. The Kier molecular flexibility index (Phi) is 3.73. The molecule has 0 aliphatic carbocycles. The molecule has 1 N–H and O–H groups in total. The maximum Gasteiger partial charge on any atom is 0.244 e. The highest BCUT2D eigenvalue weighted by atomic mass is 32.1. The van der Waals surface area contributed by atoms with Crippen molar-refractivity contribution in [3.05, 3.63) is 16.6 Å². The van der Waals surface area contributed by atoms with Crippen molar-refractivity contribution < 1.29 is 9.59 Å². The van der Waals surface area contributed by atoms with E-state index in [1.54, 1.807) is 29.5 Å². The Labute approximate surface area is 104 Å². The summed E-state index contributed by atoms with van der Waals surface area (Å²) in [5.41, 5.74) is 0. The van der Waals surface area contributed by atoms with Crippen LogP contribution in [0.1, 0.15) is 17.8 Å². The van der Waals surface area contributed by atoms with E-state index >= 15 is 0 Å². The van der Waals surface area contributed by atoms with Crippen LogP contribution in [0.25, 0.3) is 0 Å². The van der Waals surface area contributed by atoms with Crippen molar-refractivity contribution in [2.24, 2.45) is 0 Å². The monoisotopic (exact) mass is 253 g/mol. The minimum Gasteiger partial charge on any atom is -0.344 e. The number of rotatable bonds is 4. The summed E-state index contributed by atoms with van der Waals surface area (Å²) in [5, 5.41) is 5.64. The van der Waals surface area contributed by atoms with Crippen LogP contribution in [0.15, 0.2) is 11.6 Å². The molecule has 1 atom stereocenters. The molecule has 0 saturated carbocycles. The second-order valence-corrected chi connectivity index (χ2v) is 5.07. The molecule has 0 bridgehead atoms.